The highest BCUT2D eigenvalue weighted by Gasteiger charge is 2.20. The fourth-order valence-electron chi connectivity index (χ4n) is 2.35. The second kappa shape index (κ2) is 7.41. The molecule has 11 heteroatoms. The summed E-state index contributed by atoms with van der Waals surface area (Å²) in [5, 5.41) is 6.97. The van der Waals surface area contributed by atoms with Gasteiger partial charge in [-0.2, -0.15) is 9.78 Å². The maximum absolute atomic E-state index is 12.6. The Morgan fingerprint density at radius 1 is 1.19 bits per heavy atom. The summed E-state index contributed by atoms with van der Waals surface area (Å²) in [5.74, 6) is 0.228. The van der Waals surface area contributed by atoms with Gasteiger partial charge in [0.25, 0.3) is 11.9 Å². The molecule has 1 amide bonds. The Hall–Kier alpha value is -2.85. The first-order valence-corrected chi connectivity index (χ1v) is 10.0. The molecule has 0 saturated carbocycles. The zero-order chi connectivity index (χ0) is 19.6. The summed E-state index contributed by atoms with van der Waals surface area (Å²) in [6, 6.07) is 5.08. The molecule has 0 aliphatic rings. The van der Waals surface area contributed by atoms with E-state index in [9.17, 15) is 13.2 Å². The third kappa shape index (κ3) is 4.29. The number of aromatic nitrogens is 5. The van der Waals surface area contributed by atoms with Crippen molar-refractivity contribution in [3.63, 3.8) is 0 Å². The molecule has 2 heterocycles. The Kier molecular flexibility index (Phi) is 5.19. The van der Waals surface area contributed by atoms with Gasteiger partial charge in [0.2, 0.25) is 0 Å². The molecule has 0 spiro atoms. The summed E-state index contributed by atoms with van der Waals surface area (Å²) in [4.78, 5) is 24.9. The number of carbonyl (C=O) groups excluding carboxylic acids is 1. The fraction of sp³-hybridized carbons (Fsp3) is 0.188. The maximum atomic E-state index is 12.6. The van der Waals surface area contributed by atoms with Crippen LogP contribution in [0.3, 0.4) is 0 Å². The number of nitrogens with one attached hydrogen (secondary N) is 1. The molecule has 0 bridgehead atoms. The van der Waals surface area contributed by atoms with Crippen molar-refractivity contribution in [2.24, 2.45) is 0 Å². The van der Waals surface area contributed by atoms with E-state index in [2.05, 4.69) is 25.4 Å². The monoisotopic (exact) mass is 406 g/mol. The van der Waals surface area contributed by atoms with Crippen molar-refractivity contribution in [3.05, 3.63) is 59.4 Å². The molecule has 1 aromatic carbocycles. The lowest BCUT2D eigenvalue weighted by Gasteiger charge is -2.14. The van der Waals surface area contributed by atoms with Crippen LogP contribution >= 0.6 is 11.6 Å². The first kappa shape index (κ1) is 18.9. The van der Waals surface area contributed by atoms with Crippen LogP contribution in [-0.4, -0.2) is 45.3 Å². The van der Waals surface area contributed by atoms with Gasteiger partial charge in [-0.25, -0.2) is 23.4 Å². The summed E-state index contributed by atoms with van der Waals surface area (Å²) < 4.78 is 24.9. The van der Waals surface area contributed by atoms with Crippen LogP contribution in [0.4, 0.5) is 0 Å². The van der Waals surface area contributed by atoms with E-state index in [1.54, 1.807) is 25.4 Å². The maximum Gasteiger partial charge on any atom is 0.252 e. The van der Waals surface area contributed by atoms with E-state index in [1.165, 1.54) is 29.2 Å². The Bertz CT molecular complexity index is 1080. The van der Waals surface area contributed by atoms with E-state index >= 15 is 0 Å². The number of nitrogens with zero attached hydrogens (tertiary/aromatic N) is 5. The van der Waals surface area contributed by atoms with Gasteiger partial charge in [-0.3, -0.25) is 4.79 Å². The van der Waals surface area contributed by atoms with Gasteiger partial charge in [0.05, 0.1) is 10.9 Å². The zero-order valence-electron chi connectivity index (χ0n) is 14.4. The molecule has 0 radical (unpaired) electrons. The summed E-state index contributed by atoms with van der Waals surface area (Å²) in [6.45, 7) is 1.71. The molecule has 0 aliphatic carbocycles. The van der Waals surface area contributed by atoms with Gasteiger partial charge in [-0.05, 0) is 31.2 Å². The molecule has 9 nitrogen and oxygen atoms in total. The number of benzene rings is 1. The first-order chi connectivity index (χ1) is 12.8. The smallest absolute Gasteiger partial charge is 0.252 e. The summed E-state index contributed by atoms with van der Waals surface area (Å²) in [7, 11) is -3.50. The van der Waals surface area contributed by atoms with Gasteiger partial charge in [-0.15, -0.1) is 0 Å². The van der Waals surface area contributed by atoms with Crippen molar-refractivity contribution in [1.29, 1.82) is 0 Å². The van der Waals surface area contributed by atoms with Crippen LogP contribution in [-0.2, 0) is 9.84 Å². The molecule has 0 unspecified atom stereocenters. The summed E-state index contributed by atoms with van der Waals surface area (Å²) >= 11 is 5.95. The van der Waals surface area contributed by atoms with Crippen LogP contribution in [0.15, 0.2) is 47.9 Å². The Balaban J connectivity index is 1.86. The Labute approximate surface area is 160 Å². The van der Waals surface area contributed by atoms with Crippen molar-refractivity contribution >= 4 is 27.3 Å². The van der Waals surface area contributed by atoms with E-state index < -0.39 is 21.8 Å². The highest BCUT2D eigenvalue weighted by atomic mass is 35.5. The minimum atomic E-state index is -3.50. The molecule has 1 N–H and O–H groups in total. The molecule has 2 aromatic heterocycles. The van der Waals surface area contributed by atoms with E-state index in [0.717, 1.165) is 6.26 Å². The van der Waals surface area contributed by atoms with Crippen molar-refractivity contribution in [2.45, 2.75) is 17.9 Å². The molecule has 3 rings (SSSR count). The number of carbonyl (C=O) groups is 1. The van der Waals surface area contributed by atoms with E-state index in [-0.39, 0.29) is 15.5 Å². The average Bonchev–Trinajstić information content (AvgIpc) is 3.11. The molecule has 0 saturated heterocycles. The van der Waals surface area contributed by atoms with Gasteiger partial charge in [-0.1, -0.05) is 11.6 Å². The minimum Gasteiger partial charge on any atom is -0.342 e. The highest BCUT2D eigenvalue weighted by Crippen LogP contribution is 2.20. The molecule has 3 aromatic rings. The second-order valence-corrected chi connectivity index (χ2v) is 8.17. The first-order valence-electron chi connectivity index (χ1n) is 7.74. The van der Waals surface area contributed by atoms with Gasteiger partial charge >= 0.3 is 0 Å². The number of amides is 1. The third-order valence-corrected chi connectivity index (χ3v) is 4.92. The molecule has 140 valence electrons. The molecule has 27 heavy (non-hydrogen) atoms. The fourth-order valence-corrected chi connectivity index (χ4v) is 3.33. The zero-order valence-corrected chi connectivity index (χ0v) is 15.9. The van der Waals surface area contributed by atoms with Gasteiger partial charge in [0, 0.05) is 29.2 Å². The largest absolute Gasteiger partial charge is 0.342 e. The number of hydrogen-bond donors (Lipinski definition) is 1. The predicted octanol–water partition coefficient (Wildman–Crippen LogP) is 1.61. The third-order valence-electron chi connectivity index (χ3n) is 3.61. The van der Waals surface area contributed by atoms with Gasteiger partial charge in [0.15, 0.2) is 15.7 Å². The highest BCUT2D eigenvalue weighted by molar-refractivity contribution is 7.90. The van der Waals surface area contributed by atoms with Crippen LogP contribution in [0.1, 0.15) is 29.1 Å². The quantitative estimate of drug-likeness (QED) is 0.683. The summed E-state index contributed by atoms with van der Waals surface area (Å²) in [6.07, 6.45) is 5.51. The minimum absolute atomic E-state index is 0.0337. The molecular formula is C16H15ClN6O3S. The number of sulfone groups is 1. The van der Waals surface area contributed by atoms with E-state index in [1.807, 2.05) is 0 Å². The molecule has 1 atom stereocenters. The predicted molar refractivity (Wildman–Crippen MR) is 97.4 cm³/mol. The van der Waals surface area contributed by atoms with E-state index in [4.69, 9.17) is 11.6 Å². The lowest BCUT2D eigenvalue weighted by atomic mass is 10.2. The van der Waals surface area contributed by atoms with Crippen molar-refractivity contribution in [2.75, 3.05) is 6.26 Å². The molecule has 0 fully saturated rings. The Morgan fingerprint density at radius 2 is 1.89 bits per heavy atom. The van der Waals surface area contributed by atoms with Crippen LogP contribution < -0.4 is 5.32 Å². The summed E-state index contributed by atoms with van der Waals surface area (Å²) in [5.41, 5.74) is 0.122. The van der Waals surface area contributed by atoms with Gasteiger partial charge < -0.3 is 5.32 Å². The number of hydrogen-bond acceptors (Lipinski definition) is 7. The lowest BCUT2D eigenvalue weighted by molar-refractivity contribution is 0.0937. The van der Waals surface area contributed by atoms with Crippen molar-refractivity contribution in [1.82, 2.24) is 30.0 Å². The molecule has 0 aliphatic heterocycles. The SMILES string of the molecule is C[C@@H](NC(=O)c1cc(Cl)cc(S(C)(=O)=O)c1)c1ncnn1-c1ncccn1. The van der Waals surface area contributed by atoms with Crippen LogP contribution in [0.5, 0.6) is 0 Å². The van der Waals surface area contributed by atoms with Crippen molar-refractivity contribution in [3.8, 4) is 5.95 Å². The second-order valence-electron chi connectivity index (χ2n) is 5.72. The van der Waals surface area contributed by atoms with Crippen molar-refractivity contribution < 1.29 is 13.2 Å². The Morgan fingerprint density at radius 3 is 2.56 bits per heavy atom. The normalized spacial score (nSPS) is 12.6. The van der Waals surface area contributed by atoms with Crippen LogP contribution in [0.2, 0.25) is 5.02 Å². The topological polar surface area (TPSA) is 120 Å². The lowest BCUT2D eigenvalue weighted by Crippen LogP contribution is -2.29. The standard InChI is InChI=1S/C16H15ClN6O3S/c1-10(14-20-9-21-23(14)16-18-4-3-5-19-16)22-15(24)11-6-12(17)8-13(7-11)27(2,25)26/h3-10H,1-2H3,(H,22,24)/t10-/m1/s1. The number of halogens is 1. The van der Waals surface area contributed by atoms with E-state index in [0.29, 0.717) is 11.8 Å². The van der Waals surface area contributed by atoms with Gasteiger partial charge in [0.1, 0.15) is 6.33 Å². The van der Waals surface area contributed by atoms with Crippen LogP contribution in [0.25, 0.3) is 5.95 Å². The number of rotatable bonds is 5. The average molecular weight is 407 g/mol. The van der Waals surface area contributed by atoms with Crippen LogP contribution in [0, 0.1) is 0 Å². The molecular weight excluding hydrogens is 392 g/mol.